The number of aromatic nitrogens is 2. The topological polar surface area (TPSA) is 62.5 Å². The molecule has 0 fully saturated rings. The van der Waals surface area contributed by atoms with E-state index in [-0.39, 0.29) is 11.1 Å². The van der Waals surface area contributed by atoms with E-state index in [0.29, 0.717) is 22.6 Å². The van der Waals surface area contributed by atoms with Gasteiger partial charge in [0.2, 0.25) is 0 Å². The highest BCUT2D eigenvalue weighted by Gasteiger charge is 2.15. The second-order valence-electron chi connectivity index (χ2n) is 6.68. The molecule has 6 heteroatoms. The van der Waals surface area contributed by atoms with E-state index in [2.05, 4.69) is 0 Å². The largest absolute Gasteiger partial charge is 0.497 e. The first-order chi connectivity index (χ1) is 13.4. The van der Waals surface area contributed by atoms with Crippen LogP contribution in [0.5, 0.6) is 11.5 Å². The molecule has 28 heavy (non-hydrogen) atoms. The number of ether oxygens (including phenoxy) is 2. The van der Waals surface area contributed by atoms with Gasteiger partial charge in [0.05, 0.1) is 25.3 Å². The lowest BCUT2D eigenvalue weighted by Crippen LogP contribution is -2.18. The van der Waals surface area contributed by atoms with Crippen molar-refractivity contribution in [3.8, 4) is 22.6 Å². The van der Waals surface area contributed by atoms with Gasteiger partial charge in [-0.1, -0.05) is 0 Å². The van der Waals surface area contributed by atoms with Crippen molar-refractivity contribution in [1.82, 2.24) is 9.13 Å². The van der Waals surface area contributed by atoms with Crippen LogP contribution < -0.4 is 20.6 Å². The minimum atomic E-state index is -0.155. The second-order valence-corrected chi connectivity index (χ2v) is 6.68. The summed E-state index contributed by atoms with van der Waals surface area (Å²) < 4.78 is 13.8. The van der Waals surface area contributed by atoms with Crippen molar-refractivity contribution in [1.29, 1.82) is 0 Å². The van der Waals surface area contributed by atoms with Crippen molar-refractivity contribution < 1.29 is 9.47 Å². The quantitative estimate of drug-likeness (QED) is 0.551. The van der Waals surface area contributed by atoms with E-state index in [9.17, 15) is 9.59 Å². The van der Waals surface area contributed by atoms with E-state index >= 15 is 0 Å². The van der Waals surface area contributed by atoms with Crippen LogP contribution in [0.2, 0.25) is 0 Å². The molecule has 0 atom stereocenters. The maximum atomic E-state index is 12.6. The van der Waals surface area contributed by atoms with Gasteiger partial charge in [0.15, 0.2) is 0 Å². The molecule has 2 aromatic carbocycles. The summed E-state index contributed by atoms with van der Waals surface area (Å²) in [4.78, 5) is 25.3. The van der Waals surface area contributed by atoms with E-state index in [0.717, 1.165) is 21.8 Å². The third-order valence-electron chi connectivity index (χ3n) is 5.20. The predicted molar refractivity (Wildman–Crippen MR) is 110 cm³/mol. The first-order valence-electron chi connectivity index (χ1n) is 8.80. The highest BCUT2D eigenvalue weighted by atomic mass is 16.5. The van der Waals surface area contributed by atoms with Crippen LogP contribution in [0, 0.1) is 0 Å². The van der Waals surface area contributed by atoms with Gasteiger partial charge < -0.3 is 18.6 Å². The van der Waals surface area contributed by atoms with Gasteiger partial charge in [0.1, 0.15) is 11.5 Å². The van der Waals surface area contributed by atoms with Gasteiger partial charge in [-0.25, -0.2) is 0 Å². The van der Waals surface area contributed by atoms with E-state index in [4.69, 9.17) is 9.47 Å². The molecule has 0 N–H and O–H groups in total. The van der Waals surface area contributed by atoms with E-state index in [1.807, 2.05) is 36.4 Å². The number of nitrogens with zero attached hydrogens (tertiary/aromatic N) is 2. The number of aryl methyl sites for hydroxylation is 2. The van der Waals surface area contributed by atoms with Crippen molar-refractivity contribution >= 4 is 21.8 Å². The lowest BCUT2D eigenvalue weighted by Gasteiger charge is -2.15. The molecular formula is C22H20N2O4. The molecule has 0 radical (unpaired) electrons. The zero-order chi connectivity index (χ0) is 20.0. The number of fused-ring (bicyclic) bond motifs is 2. The molecule has 2 aromatic heterocycles. The van der Waals surface area contributed by atoms with Gasteiger partial charge in [0.25, 0.3) is 11.1 Å². The summed E-state index contributed by atoms with van der Waals surface area (Å²) in [6.07, 6.45) is 0. The molecule has 0 bridgehead atoms. The maximum absolute atomic E-state index is 12.6. The Balaban J connectivity index is 2.16. The minimum Gasteiger partial charge on any atom is -0.497 e. The molecule has 0 saturated carbocycles. The fourth-order valence-corrected chi connectivity index (χ4v) is 3.57. The van der Waals surface area contributed by atoms with Gasteiger partial charge in [-0.2, -0.15) is 0 Å². The Kier molecular flexibility index (Phi) is 4.19. The molecule has 0 aliphatic carbocycles. The van der Waals surface area contributed by atoms with Crippen molar-refractivity contribution in [2.45, 2.75) is 0 Å². The highest BCUT2D eigenvalue weighted by molar-refractivity contribution is 6.04. The molecular weight excluding hydrogens is 356 g/mol. The van der Waals surface area contributed by atoms with Gasteiger partial charge in [-0.15, -0.1) is 0 Å². The third kappa shape index (κ3) is 2.65. The standard InChI is InChI=1S/C22H20N2O4/c1-23-19-9-13(27-3)5-7-15(19)17(11-21(23)25)18-12-22(26)24(2)20-10-14(28-4)6-8-16(18)20/h5-12H,1-4H3. The number of hydrogen-bond acceptors (Lipinski definition) is 4. The number of methoxy groups -OCH3 is 2. The van der Waals surface area contributed by atoms with Crippen LogP contribution in [0.4, 0.5) is 0 Å². The van der Waals surface area contributed by atoms with Crippen LogP contribution in [0.25, 0.3) is 32.9 Å². The van der Waals surface area contributed by atoms with Gasteiger partial charge in [0, 0.05) is 49.1 Å². The van der Waals surface area contributed by atoms with Gasteiger partial charge >= 0.3 is 0 Å². The van der Waals surface area contributed by atoms with Crippen molar-refractivity contribution in [2.75, 3.05) is 14.2 Å². The van der Waals surface area contributed by atoms with E-state index in [1.165, 1.54) is 0 Å². The summed E-state index contributed by atoms with van der Waals surface area (Å²) >= 11 is 0. The first-order valence-corrected chi connectivity index (χ1v) is 8.80. The Bertz CT molecular complexity index is 1240. The fourth-order valence-electron chi connectivity index (χ4n) is 3.57. The number of benzene rings is 2. The van der Waals surface area contributed by atoms with Crippen LogP contribution in [0.3, 0.4) is 0 Å². The Labute approximate surface area is 161 Å². The average molecular weight is 376 g/mol. The Morgan fingerprint density at radius 1 is 0.643 bits per heavy atom. The normalized spacial score (nSPS) is 11.1. The number of hydrogen-bond donors (Lipinski definition) is 0. The molecule has 0 unspecified atom stereocenters. The summed E-state index contributed by atoms with van der Waals surface area (Å²) in [5.74, 6) is 1.33. The van der Waals surface area contributed by atoms with Crippen molar-refractivity contribution in [3.63, 3.8) is 0 Å². The maximum Gasteiger partial charge on any atom is 0.251 e. The van der Waals surface area contributed by atoms with E-state index in [1.54, 1.807) is 49.6 Å². The third-order valence-corrected chi connectivity index (χ3v) is 5.20. The molecule has 4 aromatic rings. The van der Waals surface area contributed by atoms with Crippen LogP contribution in [-0.4, -0.2) is 23.4 Å². The molecule has 0 aliphatic rings. The van der Waals surface area contributed by atoms with Crippen LogP contribution in [0.15, 0.2) is 58.1 Å². The zero-order valence-corrected chi connectivity index (χ0v) is 16.1. The predicted octanol–water partition coefficient (Wildman–Crippen LogP) is 3.07. The van der Waals surface area contributed by atoms with Gasteiger partial charge in [-0.05, 0) is 35.4 Å². The SMILES string of the molecule is COc1ccc2c(-c3cc(=O)n(C)c4cc(OC)ccc34)cc(=O)n(C)c2c1. The average Bonchev–Trinajstić information content (AvgIpc) is 2.72. The minimum absolute atomic E-state index is 0.155. The molecule has 0 aliphatic heterocycles. The molecule has 4 rings (SSSR count). The van der Waals surface area contributed by atoms with Crippen molar-refractivity contribution in [2.24, 2.45) is 14.1 Å². The smallest absolute Gasteiger partial charge is 0.251 e. The van der Waals surface area contributed by atoms with Crippen LogP contribution in [0.1, 0.15) is 0 Å². The Morgan fingerprint density at radius 3 is 1.39 bits per heavy atom. The highest BCUT2D eigenvalue weighted by Crippen LogP contribution is 2.34. The second kappa shape index (κ2) is 6.56. The summed E-state index contributed by atoms with van der Waals surface area (Å²) in [5.41, 5.74) is 2.60. The molecule has 142 valence electrons. The molecule has 0 saturated heterocycles. The number of rotatable bonds is 3. The van der Waals surface area contributed by atoms with Crippen molar-refractivity contribution in [3.05, 3.63) is 69.2 Å². The summed E-state index contributed by atoms with van der Waals surface area (Å²) in [5, 5.41) is 1.74. The lowest BCUT2D eigenvalue weighted by molar-refractivity contribution is 0.415. The molecule has 2 heterocycles. The summed E-state index contributed by atoms with van der Waals surface area (Å²) in [7, 11) is 6.62. The lowest BCUT2D eigenvalue weighted by atomic mass is 9.97. The van der Waals surface area contributed by atoms with Gasteiger partial charge in [-0.3, -0.25) is 9.59 Å². The zero-order valence-electron chi connectivity index (χ0n) is 16.1. The van der Waals surface area contributed by atoms with Crippen LogP contribution >= 0.6 is 0 Å². The monoisotopic (exact) mass is 376 g/mol. The first kappa shape index (κ1) is 17.9. The van der Waals surface area contributed by atoms with E-state index < -0.39 is 0 Å². The molecule has 0 amide bonds. The number of pyridine rings is 2. The van der Waals surface area contributed by atoms with Crippen LogP contribution in [-0.2, 0) is 14.1 Å². The summed E-state index contributed by atoms with van der Waals surface area (Å²) in [6.45, 7) is 0. The Morgan fingerprint density at radius 2 is 1.04 bits per heavy atom. The Hall–Kier alpha value is -3.54. The molecule has 6 nitrogen and oxygen atoms in total. The molecule has 0 spiro atoms. The fraction of sp³-hybridized carbons (Fsp3) is 0.182. The summed E-state index contributed by atoms with van der Waals surface area (Å²) in [6, 6.07) is 14.3.